The first-order chi connectivity index (χ1) is 11.6. The van der Waals surface area contributed by atoms with Gasteiger partial charge in [-0.25, -0.2) is 4.98 Å². The lowest BCUT2D eigenvalue weighted by atomic mass is 10.3. The number of nitrogens with one attached hydrogen (secondary N) is 2. The second-order valence-electron chi connectivity index (χ2n) is 5.92. The van der Waals surface area contributed by atoms with E-state index in [1.165, 1.54) is 22.9 Å². The molecule has 0 bridgehead atoms. The fourth-order valence-electron chi connectivity index (χ4n) is 2.45. The second-order valence-corrected chi connectivity index (χ2v) is 7.21. The Morgan fingerprint density at radius 1 is 1.12 bits per heavy atom. The third kappa shape index (κ3) is 8.11. The molecule has 0 aliphatic heterocycles. The van der Waals surface area contributed by atoms with Gasteiger partial charge in [0.15, 0.2) is 5.96 Å². The third-order valence-electron chi connectivity index (χ3n) is 4.10. The monoisotopic (exact) mass is 353 g/mol. The van der Waals surface area contributed by atoms with Gasteiger partial charge in [-0.15, -0.1) is 11.3 Å². The highest BCUT2D eigenvalue weighted by Crippen LogP contribution is 2.16. The molecule has 138 valence electrons. The highest BCUT2D eigenvalue weighted by Gasteiger charge is 2.04. The van der Waals surface area contributed by atoms with Crippen molar-refractivity contribution in [2.24, 2.45) is 4.99 Å². The van der Waals surface area contributed by atoms with Crippen molar-refractivity contribution >= 4 is 17.3 Å². The van der Waals surface area contributed by atoms with E-state index in [9.17, 15) is 0 Å². The highest BCUT2D eigenvalue weighted by atomic mass is 32.1. The molecule has 1 aromatic heterocycles. The fourth-order valence-corrected chi connectivity index (χ4v) is 3.39. The highest BCUT2D eigenvalue weighted by molar-refractivity contribution is 7.11. The molecular formula is C18H35N5S. The molecule has 1 heterocycles. The Labute approximate surface area is 152 Å². The average Bonchev–Trinajstić information content (AvgIpc) is 2.89. The van der Waals surface area contributed by atoms with E-state index < -0.39 is 0 Å². The van der Waals surface area contributed by atoms with E-state index in [0.29, 0.717) is 0 Å². The number of hydrogen-bond acceptors (Lipinski definition) is 4. The lowest BCUT2D eigenvalue weighted by Gasteiger charge is -2.17. The number of aliphatic imine (C=N–C) groups is 1. The van der Waals surface area contributed by atoms with Crippen LogP contribution in [-0.2, 0) is 6.42 Å². The van der Waals surface area contributed by atoms with Crippen LogP contribution in [-0.4, -0.2) is 55.1 Å². The standard InChI is InChI=1S/C18H35N5S/c1-6-19-18(20-12-9-10-14-23(7-2)8-3)21-13-11-17-22-15(4)16(5)24-17/h6-14H2,1-5H3,(H2,19,20,21). The van der Waals surface area contributed by atoms with Crippen molar-refractivity contribution in [1.29, 1.82) is 0 Å². The van der Waals surface area contributed by atoms with Gasteiger partial charge in [0.2, 0.25) is 0 Å². The summed E-state index contributed by atoms with van der Waals surface area (Å²) in [5.41, 5.74) is 1.16. The SMILES string of the molecule is CCNC(=NCCCCN(CC)CC)NCCc1nc(C)c(C)s1. The molecule has 2 N–H and O–H groups in total. The van der Waals surface area contributed by atoms with Crippen molar-refractivity contribution in [3.05, 3.63) is 15.6 Å². The van der Waals surface area contributed by atoms with Crippen molar-refractivity contribution in [2.75, 3.05) is 39.3 Å². The summed E-state index contributed by atoms with van der Waals surface area (Å²) in [5, 5.41) is 7.94. The minimum atomic E-state index is 0.873. The average molecular weight is 354 g/mol. The molecule has 0 amide bonds. The summed E-state index contributed by atoms with van der Waals surface area (Å²) in [5.74, 6) is 0.922. The van der Waals surface area contributed by atoms with Gasteiger partial charge in [-0.3, -0.25) is 4.99 Å². The Morgan fingerprint density at radius 3 is 2.46 bits per heavy atom. The van der Waals surface area contributed by atoms with Crippen LogP contribution in [0.4, 0.5) is 0 Å². The van der Waals surface area contributed by atoms with Gasteiger partial charge in [0.1, 0.15) is 0 Å². The number of unbranched alkanes of at least 4 members (excludes halogenated alkanes) is 1. The normalized spacial score (nSPS) is 12.0. The van der Waals surface area contributed by atoms with E-state index in [1.807, 2.05) is 0 Å². The molecule has 0 radical (unpaired) electrons. The zero-order chi connectivity index (χ0) is 17.8. The number of thiazole rings is 1. The van der Waals surface area contributed by atoms with Crippen LogP contribution in [0.1, 0.15) is 49.2 Å². The van der Waals surface area contributed by atoms with Crippen LogP contribution >= 0.6 is 11.3 Å². The maximum atomic E-state index is 4.67. The van der Waals surface area contributed by atoms with E-state index in [-0.39, 0.29) is 0 Å². The van der Waals surface area contributed by atoms with Crippen LogP contribution in [0, 0.1) is 13.8 Å². The van der Waals surface area contributed by atoms with Crippen molar-refractivity contribution in [1.82, 2.24) is 20.5 Å². The van der Waals surface area contributed by atoms with Crippen LogP contribution in [0.25, 0.3) is 0 Å². The topological polar surface area (TPSA) is 52.6 Å². The molecule has 1 rings (SSSR count). The summed E-state index contributed by atoms with van der Waals surface area (Å²) >= 11 is 1.79. The van der Waals surface area contributed by atoms with E-state index >= 15 is 0 Å². The van der Waals surface area contributed by atoms with Gasteiger partial charge in [0, 0.05) is 30.9 Å². The lowest BCUT2D eigenvalue weighted by Crippen LogP contribution is -2.38. The number of guanidine groups is 1. The first-order valence-corrected chi connectivity index (χ1v) is 10.1. The molecular weight excluding hydrogens is 318 g/mol. The molecule has 0 saturated heterocycles. The van der Waals surface area contributed by atoms with Crippen molar-refractivity contribution < 1.29 is 0 Å². The van der Waals surface area contributed by atoms with Crippen LogP contribution in [0.2, 0.25) is 0 Å². The molecule has 6 heteroatoms. The zero-order valence-electron chi connectivity index (χ0n) is 16.1. The van der Waals surface area contributed by atoms with Crippen LogP contribution in [0.15, 0.2) is 4.99 Å². The van der Waals surface area contributed by atoms with Gasteiger partial charge < -0.3 is 15.5 Å². The van der Waals surface area contributed by atoms with Crippen LogP contribution < -0.4 is 10.6 Å². The molecule has 1 aromatic rings. The van der Waals surface area contributed by atoms with E-state index in [1.54, 1.807) is 11.3 Å². The first-order valence-electron chi connectivity index (χ1n) is 9.28. The third-order valence-corrected chi connectivity index (χ3v) is 5.23. The lowest BCUT2D eigenvalue weighted by molar-refractivity contribution is 0.297. The number of nitrogens with zero attached hydrogens (tertiary/aromatic N) is 3. The molecule has 0 saturated carbocycles. The maximum absolute atomic E-state index is 4.67. The molecule has 0 atom stereocenters. The fraction of sp³-hybridized carbons (Fsp3) is 0.778. The van der Waals surface area contributed by atoms with Crippen molar-refractivity contribution in [2.45, 2.75) is 53.9 Å². The predicted octanol–water partition coefficient (Wildman–Crippen LogP) is 2.98. The van der Waals surface area contributed by atoms with Gasteiger partial charge in [0.05, 0.1) is 10.7 Å². The smallest absolute Gasteiger partial charge is 0.191 e. The van der Waals surface area contributed by atoms with Gasteiger partial charge in [0.25, 0.3) is 0 Å². The Balaban J connectivity index is 2.29. The van der Waals surface area contributed by atoms with E-state index in [4.69, 9.17) is 0 Å². The largest absolute Gasteiger partial charge is 0.357 e. The number of rotatable bonds is 11. The Morgan fingerprint density at radius 2 is 1.88 bits per heavy atom. The summed E-state index contributed by atoms with van der Waals surface area (Å²) < 4.78 is 0. The Kier molecular flexibility index (Phi) is 10.7. The molecule has 0 spiro atoms. The van der Waals surface area contributed by atoms with E-state index in [0.717, 1.165) is 57.2 Å². The Hall–Kier alpha value is -1.14. The first kappa shape index (κ1) is 20.9. The molecule has 24 heavy (non-hydrogen) atoms. The molecule has 0 aromatic carbocycles. The van der Waals surface area contributed by atoms with E-state index in [2.05, 4.69) is 60.1 Å². The second kappa shape index (κ2) is 12.3. The molecule has 0 fully saturated rings. The summed E-state index contributed by atoms with van der Waals surface area (Å²) in [4.78, 5) is 13.0. The summed E-state index contributed by atoms with van der Waals surface area (Å²) in [6.45, 7) is 16.9. The molecule has 0 aliphatic carbocycles. The van der Waals surface area contributed by atoms with Gasteiger partial charge in [-0.05, 0) is 53.2 Å². The molecule has 5 nitrogen and oxygen atoms in total. The van der Waals surface area contributed by atoms with Crippen molar-refractivity contribution in [3.63, 3.8) is 0 Å². The minimum absolute atomic E-state index is 0.873. The number of aromatic nitrogens is 1. The number of hydrogen-bond donors (Lipinski definition) is 2. The van der Waals surface area contributed by atoms with Crippen molar-refractivity contribution in [3.8, 4) is 0 Å². The van der Waals surface area contributed by atoms with Crippen LogP contribution in [0.3, 0.4) is 0 Å². The summed E-state index contributed by atoms with van der Waals surface area (Å²) in [6.07, 6.45) is 3.30. The number of aryl methyl sites for hydroxylation is 2. The molecule has 0 unspecified atom stereocenters. The predicted molar refractivity (Wildman–Crippen MR) is 106 cm³/mol. The Bertz CT molecular complexity index is 460. The summed E-state index contributed by atoms with van der Waals surface area (Å²) in [7, 11) is 0. The van der Waals surface area contributed by atoms with Gasteiger partial charge in [-0.2, -0.15) is 0 Å². The van der Waals surface area contributed by atoms with Crippen LogP contribution in [0.5, 0.6) is 0 Å². The van der Waals surface area contributed by atoms with Gasteiger partial charge in [-0.1, -0.05) is 13.8 Å². The summed E-state index contributed by atoms with van der Waals surface area (Å²) in [6, 6.07) is 0. The zero-order valence-corrected chi connectivity index (χ0v) is 16.9. The maximum Gasteiger partial charge on any atom is 0.191 e. The molecule has 0 aliphatic rings. The minimum Gasteiger partial charge on any atom is -0.357 e. The van der Waals surface area contributed by atoms with Gasteiger partial charge >= 0.3 is 0 Å². The quantitative estimate of drug-likeness (QED) is 0.365.